The Morgan fingerprint density at radius 3 is 2.50 bits per heavy atom. The predicted molar refractivity (Wildman–Crippen MR) is 96.1 cm³/mol. The van der Waals surface area contributed by atoms with E-state index < -0.39 is 11.9 Å². The van der Waals surface area contributed by atoms with Crippen LogP contribution in [0.5, 0.6) is 5.75 Å². The van der Waals surface area contributed by atoms with Gasteiger partial charge in [0.1, 0.15) is 5.75 Å². The lowest BCUT2D eigenvalue weighted by Gasteiger charge is -2.11. The van der Waals surface area contributed by atoms with Crippen molar-refractivity contribution in [1.82, 2.24) is 10.9 Å². The third kappa shape index (κ3) is 5.75. The minimum atomic E-state index is -0.578. The number of urea groups is 1. The minimum absolute atomic E-state index is 0.219. The van der Waals surface area contributed by atoms with E-state index in [0.29, 0.717) is 16.5 Å². The summed E-state index contributed by atoms with van der Waals surface area (Å²) in [7, 11) is 0. The molecule has 3 N–H and O–H groups in total. The van der Waals surface area contributed by atoms with Crippen molar-refractivity contribution in [3.8, 4) is 5.75 Å². The summed E-state index contributed by atoms with van der Waals surface area (Å²) in [5.74, 6) is 0.113. The number of hydrogen-bond donors (Lipinski definition) is 3. The second kappa shape index (κ2) is 8.56. The molecule has 0 unspecified atom stereocenters. The van der Waals surface area contributed by atoms with Gasteiger partial charge in [0.15, 0.2) is 6.61 Å². The maximum Gasteiger partial charge on any atom is 0.337 e. The summed E-state index contributed by atoms with van der Waals surface area (Å²) >= 11 is 9.11. The van der Waals surface area contributed by atoms with Crippen LogP contribution in [0, 0.1) is 6.92 Å². The number of amides is 3. The Morgan fingerprint density at radius 1 is 1.12 bits per heavy atom. The van der Waals surface area contributed by atoms with Crippen LogP contribution in [-0.2, 0) is 4.79 Å². The molecule has 2 aromatic rings. The highest BCUT2D eigenvalue weighted by atomic mass is 79.9. The molecule has 2 aromatic carbocycles. The van der Waals surface area contributed by atoms with Crippen LogP contribution >= 0.6 is 27.5 Å². The maximum atomic E-state index is 11.7. The highest BCUT2D eigenvalue weighted by molar-refractivity contribution is 9.10. The third-order valence-electron chi connectivity index (χ3n) is 2.91. The van der Waals surface area contributed by atoms with Gasteiger partial charge in [-0.3, -0.25) is 10.2 Å². The van der Waals surface area contributed by atoms with Gasteiger partial charge in [0.05, 0.1) is 0 Å². The molecular formula is C16H15BrClN3O3. The lowest BCUT2D eigenvalue weighted by atomic mass is 10.2. The molecule has 2 rings (SSSR count). The predicted octanol–water partition coefficient (Wildman–Crippen LogP) is 3.64. The molecule has 0 heterocycles. The molecule has 0 radical (unpaired) electrons. The van der Waals surface area contributed by atoms with E-state index in [0.717, 1.165) is 10.0 Å². The number of aryl methyl sites for hydroxylation is 1. The van der Waals surface area contributed by atoms with E-state index in [1.54, 1.807) is 30.3 Å². The summed E-state index contributed by atoms with van der Waals surface area (Å²) in [6, 6.07) is 11.4. The molecule has 0 aliphatic heterocycles. The van der Waals surface area contributed by atoms with Crippen molar-refractivity contribution < 1.29 is 14.3 Å². The number of hydrazine groups is 1. The van der Waals surface area contributed by atoms with Crippen LogP contribution in [0.25, 0.3) is 0 Å². The number of rotatable bonds is 4. The summed E-state index contributed by atoms with van der Waals surface area (Å²) in [4.78, 5) is 23.3. The average molecular weight is 413 g/mol. The van der Waals surface area contributed by atoms with Crippen molar-refractivity contribution in [1.29, 1.82) is 0 Å². The smallest absolute Gasteiger partial charge is 0.337 e. The molecule has 0 aromatic heterocycles. The minimum Gasteiger partial charge on any atom is -0.483 e. The largest absolute Gasteiger partial charge is 0.483 e. The second-order valence-electron chi connectivity index (χ2n) is 4.83. The molecule has 24 heavy (non-hydrogen) atoms. The molecule has 0 bridgehead atoms. The molecule has 0 atom stereocenters. The SMILES string of the molecule is Cc1cc(Br)ccc1OCC(=O)NNC(=O)Nc1ccc(Cl)cc1. The van der Waals surface area contributed by atoms with Crippen molar-refractivity contribution in [2.24, 2.45) is 0 Å². The number of carbonyl (C=O) groups is 2. The van der Waals surface area contributed by atoms with Gasteiger partial charge in [0, 0.05) is 15.2 Å². The quantitative estimate of drug-likeness (QED) is 0.671. The first kappa shape index (κ1) is 18.1. The van der Waals surface area contributed by atoms with Gasteiger partial charge in [-0.2, -0.15) is 0 Å². The Balaban J connectivity index is 1.74. The molecule has 8 heteroatoms. The summed E-state index contributed by atoms with van der Waals surface area (Å²) < 4.78 is 6.33. The molecule has 0 fully saturated rings. The van der Waals surface area contributed by atoms with Crippen LogP contribution in [0.1, 0.15) is 5.56 Å². The normalized spacial score (nSPS) is 9.96. The first-order valence-corrected chi connectivity index (χ1v) is 8.11. The fourth-order valence-electron chi connectivity index (χ4n) is 1.78. The van der Waals surface area contributed by atoms with Crippen molar-refractivity contribution in [3.63, 3.8) is 0 Å². The van der Waals surface area contributed by atoms with Crippen LogP contribution < -0.4 is 20.9 Å². The monoisotopic (exact) mass is 411 g/mol. The zero-order valence-electron chi connectivity index (χ0n) is 12.7. The van der Waals surface area contributed by atoms with E-state index in [-0.39, 0.29) is 6.61 Å². The molecule has 0 aliphatic rings. The molecular weight excluding hydrogens is 398 g/mol. The van der Waals surface area contributed by atoms with Crippen LogP contribution in [0.2, 0.25) is 5.02 Å². The molecule has 0 saturated carbocycles. The van der Waals surface area contributed by atoms with Gasteiger partial charge in [-0.1, -0.05) is 27.5 Å². The number of ether oxygens (including phenoxy) is 1. The van der Waals surface area contributed by atoms with Crippen molar-refractivity contribution in [2.45, 2.75) is 6.92 Å². The Bertz CT molecular complexity index is 738. The third-order valence-corrected chi connectivity index (χ3v) is 3.66. The molecule has 3 amide bonds. The zero-order valence-corrected chi connectivity index (χ0v) is 15.1. The van der Waals surface area contributed by atoms with Gasteiger partial charge >= 0.3 is 6.03 Å². The standard InChI is InChI=1S/C16H15BrClN3O3/c1-10-8-11(17)2-7-14(10)24-9-15(22)20-21-16(23)19-13-5-3-12(18)4-6-13/h2-8H,9H2,1H3,(H,20,22)(H2,19,21,23). The summed E-state index contributed by atoms with van der Waals surface area (Å²) in [5.41, 5.74) is 5.93. The molecule has 0 saturated heterocycles. The van der Waals surface area contributed by atoms with Gasteiger partial charge in [-0.25, -0.2) is 10.2 Å². The molecule has 0 aliphatic carbocycles. The second-order valence-corrected chi connectivity index (χ2v) is 6.18. The topological polar surface area (TPSA) is 79.5 Å². The van der Waals surface area contributed by atoms with Gasteiger partial charge < -0.3 is 10.1 Å². The van der Waals surface area contributed by atoms with Gasteiger partial charge in [-0.15, -0.1) is 0 Å². The lowest BCUT2D eigenvalue weighted by molar-refractivity contribution is -0.123. The van der Waals surface area contributed by atoms with Crippen LogP contribution in [-0.4, -0.2) is 18.5 Å². The van der Waals surface area contributed by atoms with Crippen LogP contribution in [0.3, 0.4) is 0 Å². The van der Waals surface area contributed by atoms with Crippen molar-refractivity contribution in [3.05, 3.63) is 57.5 Å². The number of benzene rings is 2. The number of halogens is 2. The number of carbonyl (C=O) groups excluding carboxylic acids is 2. The summed E-state index contributed by atoms with van der Waals surface area (Å²) in [6.07, 6.45) is 0. The summed E-state index contributed by atoms with van der Waals surface area (Å²) in [6.45, 7) is 1.65. The van der Waals surface area contributed by atoms with Gasteiger partial charge in [-0.05, 0) is 55.0 Å². The van der Waals surface area contributed by atoms with Crippen LogP contribution in [0.15, 0.2) is 46.9 Å². The zero-order chi connectivity index (χ0) is 17.5. The first-order chi connectivity index (χ1) is 11.4. The van der Waals surface area contributed by atoms with Crippen LogP contribution in [0.4, 0.5) is 10.5 Å². The van der Waals surface area contributed by atoms with E-state index in [1.807, 2.05) is 19.1 Å². The van der Waals surface area contributed by atoms with Crippen molar-refractivity contribution >= 4 is 45.2 Å². The van der Waals surface area contributed by atoms with E-state index >= 15 is 0 Å². The Hall–Kier alpha value is -2.25. The molecule has 0 spiro atoms. The highest BCUT2D eigenvalue weighted by Crippen LogP contribution is 2.21. The fraction of sp³-hybridized carbons (Fsp3) is 0.125. The first-order valence-electron chi connectivity index (χ1n) is 6.94. The van der Waals surface area contributed by atoms with E-state index in [2.05, 4.69) is 32.1 Å². The van der Waals surface area contributed by atoms with Crippen molar-refractivity contribution in [2.75, 3.05) is 11.9 Å². The fourth-order valence-corrected chi connectivity index (χ4v) is 2.38. The number of hydrogen-bond acceptors (Lipinski definition) is 3. The summed E-state index contributed by atoms with van der Waals surface area (Å²) in [5, 5.41) is 3.11. The van der Waals surface area contributed by atoms with E-state index in [9.17, 15) is 9.59 Å². The number of nitrogens with one attached hydrogen (secondary N) is 3. The Morgan fingerprint density at radius 2 is 1.83 bits per heavy atom. The Labute approximate surface area is 152 Å². The maximum absolute atomic E-state index is 11.7. The molecule has 6 nitrogen and oxygen atoms in total. The number of anilines is 1. The Kier molecular flexibility index (Phi) is 6.45. The van der Waals surface area contributed by atoms with Gasteiger partial charge in [0.25, 0.3) is 5.91 Å². The van der Waals surface area contributed by atoms with Gasteiger partial charge in [0.2, 0.25) is 0 Å². The molecule has 126 valence electrons. The van der Waals surface area contributed by atoms with E-state index in [1.165, 1.54) is 0 Å². The highest BCUT2D eigenvalue weighted by Gasteiger charge is 2.07. The lowest BCUT2D eigenvalue weighted by Crippen LogP contribution is -2.45. The van der Waals surface area contributed by atoms with E-state index in [4.69, 9.17) is 16.3 Å². The average Bonchev–Trinajstić information content (AvgIpc) is 2.54.